The number of amides is 1. The summed E-state index contributed by atoms with van der Waals surface area (Å²) in [7, 11) is 3.61. The van der Waals surface area contributed by atoms with Crippen LogP contribution < -0.4 is 10.6 Å². The van der Waals surface area contributed by atoms with E-state index in [0.717, 1.165) is 12.0 Å². The summed E-state index contributed by atoms with van der Waals surface area (Å²) in [5.41, 5.74) is 1.09. The first-order valence-electron chi connectivity index (χ1n) is 6.99. The Morgan fingerprint density at radius 3 is 2.68 bits per heavy atom. The smallest absolute Gasteiger partial charge is 0.239 e. The molecule has 0 saturated heterocycles. The fourth-order valence-electron chi connectivity index (χ4n) is 1.86. The molecule has 0 aliphatic heterocycles. The normalized spacial score (nSPS) is 10.6. The quantitative estimate of drug-likeness (QED) is 0.408. The van der Waals surface area contributed by atoms with Gasteiger partial charge >= 0.3 is 0 Å². The van der Waals surface area contributed by atoms with Gasteiger partial charge in [0.25, 0.3) is 0 Å². The van der Waals surface area contributed by atoms with Crippen molar-refractivity contribution in [3.8, 4) is 0 Å². The van der Waals surface area contributed by atoms with Crippen molar-refractivity contribution < 1.29 is 4.79 Å². The molecule has 0 fully saturated rings. The number of carbonyl (C=O) groups is 1. The number of aliphatic imine (C=N–C) groups is 1. The third kappa shape index (κ3) is 7.84. The first-order valence-corrected chi connectivity index (χ1v) is 7.37. The van der Waals surface area contributed by atoms with E-state index in [1.165, 1.54) is 0 Å². The first-order chi connectivity index (χ1) is 10.1. The first kappa shape index (κ1) is 21.0. The summed E-state index contributed by atoms with van der Waals surface area (Å²) in [6, 6.07) is 7.68. The second-order valence-corrected chi connectivity index (χ2v) is 5.17. The van der Waals surface area contributed by atoms with E-state index in [2.05, 4.69) is 15.6 Å². The van der Waals surface area contributed by atoms with Gasteiger partial charge in [-0.15, -0.1) is 24.0 Å². The number of benzene rings is 1. The van der Waals surface area contributed by atoms with Crippen molar-refractivity contribution in [1.29, 1.82) is 0 Å². The second-order valence-electron chi connectivity index (χ2n) is 4.74. The van der Waals surface area contributed by atoms with Crippen LogP contribution in [-0.2, 0) is 11.3 Å². The Hall–Kier alpha value is -1.02. The van der Waals surface area contributed by atoms with Gasteiger partial charge in [-0.05, 0) is 24.1 Å². The molecule has 7 heteroatoms. The highest BCUT2D eigenvalue weighted by Gasteiger charge is 2.08. The molecule has 0 atom stereocenters. The molecule has 0 unspecified atom stereocenters. The molecule has 0 radical (unpaired) electrons. The van der Waals surface area contributed by atoms with E-state index in [1.54, 1.807) is 7.05 Å². The summed E-state index contributed by atoms with van der Waals surface area (Å²) in [5, 5.41) is 6.57. The lowest BCUT2D eigenvalue weighted by molar-refractivity contribution is -0.120. The molecule has 0 heterocycles. The van der Waals surface area contributed by atoms with Gasteiger partial charge in [-0.2, -0.15) is 0 Å². The van der Waals surface area contributed by atoms with Crippen LogP contribution in [0, 0.1) is 0 Å². The Morgan fingerprint density at radius 1 is 1.36 bits per heavy atom. The Kier molecular flexibility index (Phi) is 11.0. The maximum Gasteiger partial charge on any atom is 0.239 e. The van der Waals surface area contributed by atoms with Gasteiger partial charge in [-0.25, -0.2) is 0 Å². The van der Waals surface area contributed by atoms with Crippen molar-refractivity contribution in [3.05, 3.63) is 34.9 Å². The molecule has 1 amide bonds. The Morgan fingerprint density at radius 2 is 2.09 bits per heavy atom. The van der Waals surface area contributed by atoms with E-state index < -0.39 is 0 Å². The predicted molar refractivity (Wildman–Crippen MR) is 103 cm³/mol. The van der Waals surface area contributed by atoms with Crippen LogP contribution in [-0.4, -0.2) is 44.0 Å². The molecular formula is C15H24ClIN4O. The Labute approximate surface area is 154 Å². The lowest BCUT2D eigenvalue weighted by Gasteiger charge is -2.22. The average molecular weight is 439 g/mol. The number of nitrogens with zero attached hydrogens (tertiary/aromatic N) is 2. The van der Waals surface area contributed by atoms with Crippen LogP contribution >= 0.6 is 35.6 Å². The van der Waals surface area contributed by atoms with Gasteiger partial charge in [0.05, 0.1) is 6.54 Å². The summed E-state index contributed by atoms with van der Waals surface area (Å²) < 4.78 is 0. The molecule has 124 valence electrons. The number of rotatable bonds is 6. The summed E-state index contributed by atoms with van der Waals surface area (Å²) in [4.78, 5) is 17.7. The number of carbonyl (C=O) groups excluding carboxylic acids is 1. The zero-order chi connectivity index (χ0) is 15.7. The minimum absolute atomic E-state index is 0. The van der Waals surface area contributed by atoms with Gasteiger partial charge < -0.3 is 15.5 Å². The minimum Gasteiger partial charge on any atom is -0.355 e. The van der Waals surface area contributed by atoms with Gasteiger partial charge in [0.1, 0.15) is 0 Å². The zero-order valence-corrected chi connectivity index (χ0v) is 16.3. The van der Waals surface area contributed by atoms with E-state index in [0.29, 0.717) is 24.1 Å². The van der Waals surface area contributed by atoms with Gasteiger partial charge in [0, 0.05) is 32.2 Å². The lowest BCUT2D eigenvalue weighted by atomic mass is 10.2. The number of hydrogen-bond donors (Lipinski definition) is 2. The molecule has 0 saturated carbocycles. The standard InChI is InChI=1S/C15H23ClN4O.HI/c1-4-8-18-14(21)10-19-15(17-2)20(3)11-12-6-5-7-13(16)9-12;/h5-7,9H,4,8,10-11H2,1-3H3,(H,17,19)(H,18,21);1H. The maximum atomic E-state index is 11.6. The van der Waals surface area contributed by atoms with Crippen LogP contribution in [0.1, 0.15) is 18.9 Å². The van der Waals surface area contributed by atoms with Crippen LogP contribution in [0.2, 0.25) is 5.02 Å². The van der Waals surface area contributed by atoms with Crippen molar-refractivity contribution in [2.24, 2.45) is 4.99 Å². The van der Waals surface area contributed by atoms with Crippen molar-refractivity contribution in [1.82, 2.24) is 15.5 Å². The van der Waals surface area contributed by atoms with Crippen LogP contribution in [0.25, 0.3) is 0 Å². The predicted octanol–water partition coefficient (Wildman–Crippen LogP) is 2.49. The molecule has 0 aliphatic rings. The van der Waals surface area contributed by atoms with Crippen LogP contribution in [0.3, 0.4) is 0 Å². The molecule has 0 aliphatic carbocycles. The van der Waals surface area contributed by atoms with E-state index in [1.807, 2.05) is 43.1 Å². The highest BCUT2D eigenvalue weighted by atomic mass is 127. The molecule has 0 bridgehead atoms. The number of nitrogens with one attached hydrogen (secondary N) is 2. The lowest BCUT2D eigenvalue weighted by Crippen LogP contribution is -2.43. The topological polar surface area (TPSA) is 56.7 Å². The summed E-state index contributed by atoms with van der Waals surface area (Å²) >= 11 is 5.98. The van der Waals surface area contributed by atoms with Crippen molar-refractivity contribution in [3.63, 3.8) is 0 Å². The number of halogens is 2. The summed E-state index contributed by atoms with van der Waals surface area (Å²) in [6.45, 7) is 3.59. The third-order valence-corrected chi connectivity index (χ3v) is 3.10. The van der Waals surface area contributed by atoms with Crippen molar-refractivity contribution >= 4 is 47.4 Å². The van der Waals surface area contributed by atoms with E-state index in [4.69, 9.17) is 11.6 Å². The number of guanidine groups is 1. The largest absolute Gasteiger partial charge is 0.355 e. The average Bonchev–Trinajstić information content (AvgIpc) is 2.45. The van der Waals surface area contributed by atoms with E-state index in [9.17, 15) is 4.79 Å². The van der Waals surface area contributed by atoms with Crippen molar-refractivity contribution in [2.75, 3.05) is 27.2 Å². The molecule has 0 spiro atoms. The summed E-state index contributed by atoms with van der Waals surface area (Å²) in [5.74, 6) is 0.635. The van der Waals surface area contributed by atoms with Crippen LogP contribution in [0.5, 0.6) is 0 Å². The summed E-state index contributed by atoms with van der Waals surface area (Å²) in [6.07, 6.45) is 0.926. The fraction of sp³-hybridized carbons (Fsp3) is 0.467. The molecule has 1 aromatic rings. The van der Waals surface area contributed by atoms with Crippen molar-refractivity contribution in [2.45, 2.75) is 19.9 Å². The van der Waals surface area contributed by atoms with Crippen LogP contribution in [0.15, 0.2) is 29.3 Å². The molecule has 22 heavy (non-hydrogen) atoms. The fourth-order valence-corrected chi connectivity index (χ4v) is 2.07. The molecular weight excluding hydrogens is 415 g/mol. The number of hydrogen-bond acceptors (Lipinski definition) is 2. The molecule has 0 aromatic heterocycles. The Balaban J connectivity index is 0.00000441. The zero-order valence-electron chi connectivity index (χ0n) is 13.2. The monoisotopic (exact) mass is 438 g/mol. The molecule has 5 nitrogen and oxygen atoms in total. The van der Waals surface area contributed by atoms with Crippen LogP contribution in [0.4, 0.5) is 0 Å². The minimum atomic E-state index is -0.0332. The van der Waals surface area contributed by atoms with Gasteiger partial charge in [0.15, 0.2) is 5.96 Å². The van der Waals surface area contributed by atoms with Gasteiger partial charge in [-0.3, -0.25) is 9.79 Å². The SMILES string of the molecule is CCCNC(=O)CNC(=NC)N(C)Cc1cccc(Cl)c1.I. The molecule has 1 rings (SSSR count). The van der Waals surface area contributed by atoms with Gasteiger partial charge in [-0.1, -0.05) is 30.7 Å². The highest BCUT2D eigenvalue weighted by molar-refractivity contribution is 14.0. The molecule has 2 N–H and O–H groups in total. The Bertz CT molecular complexity index is 496. The van der Waals surface area contributed by atoms with Gasteiger partial charge in [0.2, 0.25) is 5.91 Å². The third-order valence-electron chi connectivity index (χ3n) is 2.86. The highest BCUT2D eigenvalue weighted by Crippen LogP contribution is 2.12. The maximum absolute atomic E-state index is 11.6. The van der Waals surface area contributed by atoms with E-state index in [-0.39, 0.29) is 36.4 Å². The molecule has 1 aromatic carbocycles. The second kappa shape index (κ2) is 11.5. The van der Waals surface area contributed by atoms with E-state index >= 15 is 0 Å².